The maximum absolute atomic E-state index is 12.5. The van der Waals surface area contributed by atoms with E-state index >= 15 is 0 Å². The number of halogens is 3. The zero-order valence-corrected chi connectivity index (χ0v) is 11.1. The Morgan fingerprint density at radius 3 is 2.40 bits per heavy atom. The smallest absolute Gasteiger partial charge is 0.304 e. The summed E-state index contributed by atoms with van der Waals surface area (Å²) in [6.07, 6.45) is -2.51. The molecule has 0 bridgehead atoms. The molecule has 1 heterocycles. The van der Waals surface area contributed by atoms with Gasteiger partial charge in [0.1, 0.15) is 0 Å². The molecule has 1 aromatic heterocycles. The van der Waals surface area contributed by atoms with Crippen molar-refractivity contribution >= 4 is 0 Å². The van der Waals surface area contributed by atoms with Crippen molar-refractivity contribution < 1.29 is 13.2 Å². The number of aromatic nitrogens is 3. The van der Waals surface area contributed by atoms with Gasteiger partial charge in [0.2, 0.25) is 0 Å². The molecule has 0 aliphatic rings. The molecule has 0 aliphatic heterocycles. The highest BCUT2D eigenvalue weighted by Gasteiger charge is 2.30. The summed E-state index contributed by atoms with van der Waals surface area (Å²) in [5.74, 6) is 0. The second kappa shape index (κ2) is 5.62. The summed E-state index contributed by atoms with van der Waals surface area (Å²) in [5, 5.41) is 10.9. The van der Waals surface area contributed by atoms with E-state index in [9.17, 15) is 13.2 Å². The summed E-state index contributed by atoms with van der Waals surface area (Å²) in [4.78, 5) is 0. The molecule has 7 heteroatoms. The van der Waals surface area contributed by atoms with Crippen LogP contribution in [-0.4, -0.2) is 15.0 Å². The predicted molar refractivity (Wildman–Crippen MR) is 67.7 cm³/mol. The van der Waals surface area contributed by atoms with E-state index in [4.69, 9.17) is 0 Å². The molecule has 1 N–H and O–H groups in total. The minimum Gasteiger partial charge on any atom is -0.304 e. The van der Waals surface area contributed by atoms with Gasteiger partial charge in [-0.1, -0.05) is 17.3 Å². The molecule has 0 saturated carbocycles. The fourth-order valence-electron chi connectivity index (χ4n) is 1.81. The number of benzene rings is 1. The molecular weight excluding hydrogens is 269 g/mol. The number of aryl methyl sites for hydroxylation is 1. The first kappa shape index (κ1) is 14.5. The highest BCUT2D eigenvalue weighted by atomic mass is 19.4. The lowest BCUT2D eigenvalue weighted by Gasteiger charge is -2.14. The minimum absolute atomic E-state index is 0.0701. The molecule has 0 radical (unpaired) electrons. The van der Waals surface area contributed by atoms with E-state index < -0.39 is 11.7 Å². The Morgan fingerprint density at radius 1 is 1.25 bits per heavy atom. The Bertz CT molecular complexity index is 560. The number of hydrogen-bond donors (Lipinski definition) is 1. The zero-order chi connectivity index (χ0) is 14.8. The number of alkyl halides is 3. The second-order valence-electron chi connectivity index (χ2n) is 4.61. The maximum atomic E-state index is 12.5. The van der Waals surface area contributed by atoms with Crippen LogP contribution in [0.2, 0.25) is 0 Å². The fraction of sp³-hybridized carbons (Fsp3) is 0.385. The predicted octanol–water partition coefficient (Wildman–Crippen LogP) is 2.68. The Kier molecular flexibility index (Phi) is 4.08. The molecule has 108 valence electrons. The van der Waals surface area contributed by atoms with Gasteiger partial charge in [-0.15, -0.1) is 5.10 Å². The number of nitrogens with zero attached hydrogens (tertiary/aromatic N) is 3. The molecule has 0 saturated heterocycles. The Morgan fingerprint density at radius 2 is 1.90 bits per heavy atom. The van der Waals surface area contributed by atoms with Crippen molar-refractivity contribution in [3.05, 3.63) is 47.3 Å². The normalized spacial score (nSPS) is 13.4. The lowest BCUT2D eigenvalue weighted by molar-refractivity contribution is -0.137. The molecule has 0 aliphatic carbocycles. The monoisotopic (exact) mass is 284 g/mol. The van der Waals surface area contributed by atoms with Crippen LogP contribution in [0, 0.1) is 0 Å². The van der Waals surface area contributed by atoms with Crippen LogP contribution in [0.4, 0.5) is 13.2 Å². The van der Waals surface area contributed by atoms with Crippen molar-refractivity contribution in [2.75, 3.05) is 0 Å². The third-order valence-electron chi connectivity index (χ3n) is 2.98. The van der Waals surface area contributed by atoms with Crippen molar-refractivity contribution in [1.29, 1.82) is 0 Å². The number of nitrogens with one attached hydrogen (secondary N) is 1. The van der Waals surface area contributed by atoms with Crippen LogP contribution in [-0.2, 0) is 19.8 Å². The standard InChI is InChI=1S/C13H15F3N4/c1-9(17-7-12-8-20(2)19-18-12)10-3-5-11(6-4-10)13(14,15)16/h3-6,8-9,17H,7H2,1-2H3. The Balaban J connectivity index is 1.97. The molecule has 2 aromatic rings. The first-order valence-electron chi connectivity index (χ1n) is 6.12. The summed E-state index contributed by atoms with van der Waals surface area (Å²) >= 11 is 0. The minimum atomic E-state index is -4.30. The average molecular weight is 284 g/mol. The molecule has 20 heavy (non-hydrogen) atoms. The van der Waals surface area contributed by atoms with Gasteiger partial charge in [-0.25, -0.2) is 0 Å². The van der Waals surface area contributed by atoms with Crippen LogP contribution in [0.15, 0.2) is 30.5 Å². The van der Waals surface area contributed by atoms with Gasteiger partial charge in [0, 0.05) is 25.8 Å². The quantitative estimate of drug-likeness (QED) is 0.938. The largest absolute Gasteiger partial charge is 0.416 e. The first-order chi connectivity index (χ1) is 9.36. The van der Waals surface area contributed by atoms with Crippen molar-refractivity contribution in [2.45, 2.75) is 25.7 Å². The molecule has 2 rings (SSSR count). The number of rotatable bonds is 4. The van der Waals surface area contributed by atoms with E-state index in [0.29, 0.717) is 6.54 Å². The van der Waals surface area contributed by atoms with Crippen LogP contribution in [0.25, 0.3) is 0 Å². The molecular formula is C13H15F3N4. The van der Waals surface area contributed by atoms with E-state index in [1.165, 1.54) is 12.1 Å². The van der Waals surface area contributed by atoms with Gasteiger partial charge in [-0.2, -0.15) is 13.2 Å². The Hall–Kier alpha value is -1.89. The summed E-state index contributed by atoms with van der Waals surface area (Å²) < 4.78 is 39.0. The third kappa shape index (κ3) is 3.57. The summed E-state index contributed by atoms with van der Waals surface area (Å²) in [5.41, 5.74) is 0.940. The first-order valence-corrected chi connectivity index (χ1v) is 6.12. The summed E-state index contributed by atoms with van der Waals surface area (Å²) in [6.45, 7) is 2.40. The number of hydrogen-bond acceptors (Lipinski definition) is 3. The second-order valence-corrected chi connectivity index (χ2v) is 4.61. The highest BCUT2D eigenvalue weighted by Crippen LogP contribution is 2.29. The van der Waals surface area contributed by atoms with Gasteiger partial charge in [0.25, 0.3) is 0 Å². The molecule has 0 amide bonds. The topological polar surface area (TPSA) is 42.7 Å². The van der Waals surface area contributed by atoms with Crippen molar-refractivity contribution in [3.63, 3.8) is 0 Å². The molecule has 1 atom stereocenters. The van der Waals surface area contributed by atoms with Crippen LogP contribution in [0.1, 0.15) is 29.8 Å². The lowest BCUT2D eigenvalue weighted by Crippen LogP contribution is -2.18. The van der Waals surface area contributed by atoms with Crippen LogP contribution in [0.3, 0.4) is 0 Å². The van der Waals surface area contributed by atoms with Gasteiger partial charge >= 0.3 is 6.18 Å². The van der Waals surface area contributed by atoms with Gasteiger partial charge in [-0.3, -0.25) is 4.68 Å². The SMILES string of the molecule is CC(NCc1cn(C)nn1)c1ccc(C(F)(F)F)cc1. The van der Waals surface area contributed by atoms with Gasteiger partial charge in [0.15, 0.2) is 0 Å². The van der Waals surface area contributed by atoms with Gasteiger partial charge in [0.05, 0.1) is 11.3 Å². The van der Waals surface area contributed by atoms with E-state index in [-0.39, 0.29) is 6.04 Å². The molecule has 4 nitrogen and oxygen atoms in total. The maximum Gasteiger partial charge on any atom is 0.416 e. The lowest BCUT2D eigenvalue weighted by atomic mass is 10.1. The van der Waals surface area contributed by atoms with Crippen LogP contribution < -0.4 is 5.32 Å². The highest BCUT2D eigenvalue weighted by molar-refractivity contribution is 5.26. The van der Waals surface area contributed by atoms with Crippen molar-refractivity contribution in [3.8, 4) is 0 Å². The summed E-state index contributed by atoms with van der Waals surface area (Å²) in [7, 11) is 1.77. The van der Waals surface area contributed by atoms with E-state index in [1.807, 2.05) is 6.92 Å². The van der Waals surface area contributed by atoms with Crippen molar-refractivity contribution in [2.24, 2.45) is 7.05 Å². The molecule has 0 fully saturated rings. The Labute approximate surface area is 114 Å². The van der Waals surface area contributed by atoms with Crippen LogP contribution >= 0.6 is 0 Å². The molecule has 0 spiro atoms. The molecule has 1 unspecified atom stereocenters. The van der Waals surface area contributed by atoms with Crippen LogP contribution in [0.5, 0.6) is 0 Å². The zero-order valence-electron chi connectivity index (χ0n) is 11.1. The van der Waals surface area contributed by atoms with E-state index in [0.717, 1.165) is 23.4 Å². The average Bonchev–Trinajstić information content (AvgIpc) is 2.81. The fourth-order valence-corrected chi connectivity index (χ4v) is 1.81. The summed E-state index contributed by atoms with van der Waals surface area (Å²) in [6, 6.07) is 5.08. The van der Waals surface area contributed by atoms with Crippen molar-refractivity contribution in [1.82, 2.24) is 20.3 Å². The molecule has 1 aromatic carbocycles. The van der Waals surface area contributed by atoms with Gasteiger partial charge < -0.3 is 5.32 Å². The van der Waals surface area contributed by atoms with E-state index in [2.05, 4.69) is 15.6 Å². The third-order valence-corrected chi connectivity index (χ3v) is 2.98. The van der Waals surface area contributed by atoms with E-state index in [1.54, 1.807) is 17.9 Å². The van der Waals surface area contributed by atoms with Gasteiger partial charge in [-0.05, 0) is 24.6 Å².